The first-order chi connectivity index (χ1) is 14.0. The van der Waals surface area contributed by atoms with Gasteiger partial charge in [-0.1, -0.05) is 26.0 Å². The Morgan fingerprint density at radius 2 is 1.97 bits per heavy atom. The van der Waals surface area contributed by atoms with Crippen molar-refractivity contribution in [3.8, 4) is 11.6 Å². The molecule has 1 fully saturated rings. The van der Waals surface area contributed by atoms with Crippen molar-refractivity contribution in [1.82, 2.24) is 4.98 Å². The fraction of sp³-hybridized carbons (Fsp3) is 0.500. The van der Waals surface area contributed by atoms with Crippen LogP contribution in [0, 0.1) is 0 Å². The quantitative estimate of drug-likeness (QED) is 0.597. The maximum atomic E-state index is 12.1. The Morgan fingerprint density at radius 1 is 1.21 bits per heavy atom. The Hall–Kier alpha value is -2.56. The largest absolute Gasteiger partial charge is 0.489 e. The number of carbonyl (C=O) groups is 1. The molecule has 1 aliphatic heterocycles. The van der Waals surface area contributed by atoms with Crippen molar-refractivity contribution in [2.45, 2.75) is 65.1 Å². The van der Waals surface area contributed by atoms with Crippen molar-refractivity contribution in [1.29, 1.82) is 0 Å². The van der Waals surface area contributed by atoms with E-state index < -0.39 is 0 Å². The number of Topliss-reactive ketones (excluding diaryl/α,β-unsaturated/α-hetero) is 1. The number of nitrogens with zero attached hydrogens (tertiary/aromatic N) is 2. The number of pyridine rings is 1. The molecule has 0 aliphatic carbocycles. The van der Waals surface area contributed by atoms with Crippen LogP contribution in [-0.2, 0) is 4.79 Å². The van der Waals surface area contributed by atoms with Crippen LogP contribution >= 0.6 is 0 Å². The number of benzene rings is 1. The molecule has 3 rings (SSSR count). The molecule has 0 spiro atoms. The molecule has 156 valence electrons. The van der Waals surface area contributed by atoms with Crippen LogP contribution in [0.3, 0.4) is 0 Å². The van der Waals surface area contributed by atoms with Gasteiger partial charge < -0.3 is 14.4 Å². The van der Waals surface area contributed by atoms with Crippen molar-refractivity contribution in [3.63, 3.8) is 0 Å². The number of aromatic nitrogens is 1. The fourth-order valence-electron chi connectivity index (χ4n) is 3.64. The van der Waals surface area contributed by atoms with E-state index in [1.165, 1.54) is 0 Å². The lowest BCUT2D eigenvalue weighted by atomic mass is 9.94. The molecule has 1 aromatic heterocycles. The second-order valence-corrected chi connectivity index (χ2v) is 8.00. The van der Waals surface area contributed by atoms with Crippen molar-refractivity contribution in [2.75, 3.05) is 18.0 Å². The number of rotatable bonds is 9. The number of anilines is 1. The van der Waals surface area contributed by atoms with Crippen LogP contribution in [0.4, 0.5) is 5.69 Å². The second-order valence-electron chi connectivity index (χ2n) is 8.00. The summed E-state index contributed by atoms with van der Waals surface area (Å²) in [4.78, 5) is 18.7. The van der Waals surface area contributed by atoms with E-state index >= 15 is 0 Å². The molecule has 0 amide bonds. The lowest BCUT2D eigenvalue weighted by molar-refractivity contribution is -0.120. The minimum atomic E-state index is -0.0556. The Balaban J connectivity index is 1.57. The monoisotopic (exact) mass is 396 g/mol. The topological polar surface area (TPSA) is 51.7 Å². The highest BCUT2D eigenvalue weighted by Gasteiger charge is 2.25. The number of hydrogen-bond donors (Lipinski definition) is 0. The van der Waals surface area contributed by atoms with Gasteiger partial charge in [-0.05, 0) is 44.0 Å². The van der Waals surface area contributed by atoms with Crippen molar-refractivity contribution < 1.29 is 14.3 Å². The van der Waals surface area contributed by atoms with Gasteiger partial charge in [-0.15, -0.1) is 0 Å². The van der Waals surface area contributed by atoms with E-state index in [1.54, 1.807) is 6.20 Å². The van der Waals surface area contributed by atoms with Crippen molar-refractivity contribution in [2.24, 2.45) is 0 Å². The Labute approximate surface area is 174 Å². The molecule has 1 saturated heterocycles. The fourth-order valence-corrected chi connectivity index (χ4v) is 3.64. The molecular formula is C24H32N2O3. The van der Waals surface area contributed by atoms with Gasteiger partial charge in [0, 0.05) is 43.3 Å². The maximum absolute atomic E-state index is 12.1. The molecule has 0 radical (unpaired) electrons. The van der Waals surface area contributed by atoms with Gasteiger partial charge in [-0.2, -0.15) is 0 Å². The van der Waals surface area contributed by atoms with Crippen LogP contribution in [-0.4, -0.2) is 36.1 Å². The summed E-state index contributed by atoms with van der Waals surface area (Å²) in [6, 6.07) is 12.0. The molecule has 0 N–H and O–H groups in total. The zero-order valence-electron chi connectivity index (χ0n) is 17.9. The zero-order chi connectivity index (χ0) is 20.8. The average molecular weight is 397 g/mol. The zero-order valence-corrected chi connectivity index (χ0v) is 17.9. The van der Waals surface area contributed by atoms with E-state index in [-0.39, 0.29) is 18.1 Å². The van der Waals surface area contributed by atoms with Gasteiger partial charge in [0.25, 0.3) is 0 Å². The molecule has 1 aromatic carbocycles. The van der Waals surface area contributed by atoms with Crippen molar-refractivity contribution in [3.05, 3.63) is 48.2 Å². The smallest absolute Gasteiger partial charge is 0.215 e. The highest BCUT2D eigenvalue weighted by atomic mass is 16.5. The van der Waals surface area contributed by atoms with E-state index in [0.29, 0.717) is 18.1 Å². The predicted octanol–water partition coefficient (Wildman–Crippen LogP) is 5.00. The first-order valence-electron chi connectivity index (χ1n) is 10.6. The van der Waals surface area contributed by atoms with Gasteiger partial charge >= 0.3 is 0 Å². The van der Waals surface area contributed by atoms with E-state index in [4.69, 9.17) is 9.47 Å². The molecule has 2 aromatic rings. The minimum absolute atomic E-state index is 0.0556. The third-order valence-corrected chi connectivity index (χ3v) is 5.25. The Bertz CT molecular complexity index is 804. The van der Waals surface area contributed by atoms with Crippen LogP contribution in [0.2, 0.25) is 0 Å². The summed E-state index contributed by atoms with van der Waals surface area (Å²) in [5, 5.41) is 0. The molecule has 2 atom stereocenters. The number of hydrogen-bond acceptors (Lipinski definition) is 5. The van der Waals surface area contributed by atoms with E-state index in [9.17, 15) is 4.79 Å². The summed E-state index contributed by atoms with van der Waals surface area (Å²) in [5.41, 5.74) is 2.17. The van der Waals surface area contributed by atoms with Gasteiger partial charge in [-0.25, -0.2) is 4.98 Å². The van der Waals surface area contributed by atoms with E-state index in [2.05, 4.69) is 9.88 Å². The van der Waals surface area contributed by atoms with Crippen LogP contribution < -0.4 is 14.4 Å². The predicted molar refractivity (Wildman–Crippen MR) is 116 cm³/mol. The summed E-state index contributed by atoms with van der Waals surface area (Å²) >= 11 is 0. The molecule has 5 nitrogen and oxygen atoms in total. The molecular weight excluding hydrogens is 364 g/mol. The molecule has 1 aliphatic rings. The molecule has 5 heteroatoms. The van der Waals surface area contributed by atoms with Gasteiger partial charge in [0.2, 0.25) is 5.88 Å². The highest BCUT2D eigenvalue weighted by Crippen LogP contribution is 2.27. The van der Waals surface area contributed by atoms with E-state index in [1.807, 2.05) is 64.1 Å². The molecule has 1 unspecified atom stereocenters. The van der Waals surface area contributed by atoms with Gasteiger partial charge in [-0.3, -0.25) is 4.79 Å². The summed E-state index contributed by atoms with van der Waals surface area (Å²) < 4.78 is 11.9. The summed E-state index contributed by atoms with van der Waals surface area (Å²) in [5.74, 6) is 1.75. The SMILES string of the molecule is CCCC(=O)C(C)c1ccc(O[C@@H]2CCN(c3ccnc(OC(C)C)c3)C2)cc1. The third kappa shape index (κ3) is 5.72. The van der Waals surface area contributed by atoms with Gasteiger partial charge in [0.05, 0.1) is 12.6 Å². The first kappa shape index (κ1) is 21.2. The highest BCUT2D eigenvalue weighted by molar-refractivity contribution is 5.85. The summed E-state index contributed by atoms with van der Waals surface area (Å²) in [6.45, 7) is 9.79. The number of ketones is 1. The molecule has 29 heavy (non-hydrogen) atoms. The number of ether oxygens (including phenoxy) is 2. The van der Waals surface area contributed by atoms with Gasteiger partial charge in [0.15, 0.2) is 0 Å². The standard InChI is InChI=1S/C24H32N2O3/c1-5-6-23(27)18(4)19-7-9-21(10-8-19)29-22-12-14-26(16-22)20-11-13-25-24(15-20)28-17(2)3/h7-11,13,15,17-18,22H,5-6,12,14,16H2,1-4H3/t18?,22-/m1/s1. The van der Waals surface area contributed by atoms with Crippen LogP contribution in [0.15, 0.2) is 42.6 Å². The van der Waals surface area contributed by atoms with Gasteiger partial charge in [0.1, 0.15) is 17.6 Å². The second kappa shape index (κ2) is 9.77. The van der Waals surface area contributed by atoms with Crippen LogP contribution in [0.5, 0.6) is 11.6 Å². The molecule has 2 heterocycles. The average Bonchev–Trinajstić information content (AvgIpc) is 3.16. The molecule has 0 saturated carbocycles. The third-order valence-electron chi connectivity index (χ3n) is 5.25. The summed E-state index contributed by atoms with van der Waals surface area (Å²) in [7, 11) is 0. The minimum Gasteiger partial charge on any atom is -0.489 e. The maximum Gasteiger partial charge on any atom is 0.215 e. The van der Waals surface area contributed by atoms with Crippen LogP contribution in [0.25, 0.3) is 0 Å². The lowest BCUT2D eigenvalue weighted by Crippen LogP contribution is -2.24. The Morgan fingerprint density at radius 3 is 2.66 bits per heavy atom. The summed E-state index contributed by atoms with van der Waals surface area (Å²) in [6.07, 6.45) is 4.54. The van der Waals surface area contributed by atoms with Crippen molar-refractivity contribution >= 4 is 11.5 Å². The van der Waals surface area contributed by atoms with E-state index in [0.717, 1.165) is 42.9 Å². The Kier molecular flexibility index (Phi) is 7.13. The first-order valence-corrected chi connectivity index (χ1v) is 10.6. The lowest BCUT2D eigenvalue weighted by Gasteiger charge is -2.20. The number of carbonyl (C=O) groups excluding carboxylic acids is 1. The van der Waals surface area contributed by atoms with Crippen LogP contribution in [0.1, 0.15) is 58.4 Å². The normalized spacial score (nSPS) is 17.4. The molecule has 0 bridgehead atoms.